The van der Waals surface area contributed by atoms with E-state index < -0.39 is 27.8 Å². The predicted molar refractivity (Wildman–Crippen MR) is 141 cm³/mol. The molecule has 2 aromatic rings. The number of sulfone groups is 1. The summed E-state index contributed by atoms with van der Waals surface area (Å²) in [5, 5.41) is 7.14. The number of nitrogens with zero attached hydrogens (tertiary/aromatic N) is 2. The maximum atomic E-state index is 13.1. The van der Waals surface area contributed by atoms with Crippen LogP contribution in [-0.2, 0) is 22.8 Å². The van der Waals surface area contributed by atoms with Gasteiger partial charge in [-0.15, -0.1) is 0 Å². The number of carbonyl (C=O) groups excluding carboxylic acids is 1. The largest absolute Gasteiger partial charge is 0.496 e. The third-order valence-corrected chi connectivity index (χ3v) is 9.16. The summed E-state index contributed by atoms with van der Waals surface area (Å²) in [6, 6.07) is 4.81. The minimum atomic E-state index is -4.30. The van der Waals surface area contributed by atoms with Gasteiger partial charge in [0.15, 0.2) is 5.69 Å². The van der Waals surface area contributed by atoms with E-state index in [1.807, 2.05) is 6.92 Å². The van der Waals surface area contributed by atoms with Crippen LogP contribution in [0.15, 0.2) is 18.2 Å². The lowest BCUT2D eigenvalue weighted by molar-refractivity contribution is -0.169. The van der Waals surface area contributed by atoms with E-state index in [4.69, 9.17) is 16.3 Å². The number of amides is 1. The van der Waals surface area contributed by atoms with E-state index in [0.717, 1.165) is 6.92 Å². The first-order valence-corrected chi connectivity index (χ1v) is 15.1. The molecule has 1 aliphatic carbocycles. The highest BCUT2D eigenvalue weighted by Crippen LogP contribution is 2.39. The van der Waals surface area contributed by atoms with Crippen molar-refractivity contribution in [2.24, 2.45) is 11.8 Å². The van der Waals surface area contributed by atoms with Gasteiger partial charge in [-0.1, -0.05) is 31.5 Å². The van der Waals surface area contributed by atoms with Crippen molar-refractivity contribution in [3.63, 3.8) is 0 Å². The Hall–Kier alpha value is -2.27. The van der Waals surface area contributed by atoms with Crippen molar-refractivity contribution in [2.45, 2.75) is 70.3 Å². The molecule has 0 spiro atoms. The predicted octanol–water partition coefficient (Wildman–Crippen LogP) is 5.70. The van der Waals surface area contributed by atoms with E-state index in [1.165, 1.54) is 13.4 Å². The van der Waals surface area contributed by atoms with E-state index in [9.17, 15) is 26.4 Å². The Kier molecular flexibility index (Phi) is 9.78. The SMILES string of the molecule is CCCn1nc(C(=O)NCC2CCC(S(C)(=O)=O)CC2)c(Cl)c1-c1ccc(CC(C)C(F)(F)F)cc1OC. The Balaban J connectivity index is 1.81. The van der Waals surface area contributed by atoms with Crippen molar-refractivity contribution < 1.29 is 31.1 Å². The third kappa shape index (κ3) is 7.22. The average Bonchev–Trinajstić information content (AvgIpc) is 3.17. The molecule has 1 atom stereocenters. The molecular formula is C26H35ClF3N3O4S. The highest BCUT2D eigenvalue weighted by atomic mass is 35.5. The number of aromatic nitrogens is 2. The van der Waals surface area contributed by atoms with Crippen molar-refractivity contribution in [3.05, 3.63) is 34.5 Å². The van der Waals surface area contributed by atoms with Gasteiger partial charge in [-0.25, -0.2) is 8.42 Å². The highest BCUT2D eigenvalue weighted by molar-refractivity contribution is 7.91. The zero-order valence-electron chi connectivity index (χ0n) is 22.1. The molecule has 1 aromatic carbocycles. The molecule has 1 aliphatic rings. The van der Waals surface area contributed by atoms with Gasteiger partial charge < -0.3 is 10.1 Å². The second-order valence-electron chi connectivity index (χ2n) is 10.1. The summed E-state index contributed by atoms with van der Waals surface area (Å²) in [7, 11) is -1.64. The van der Waals surface area contributed by atoms with Gasteiger partial charge in [0.25, 0.3) is 5.91 Å². The molecule has 1 saturated carbocycles. The molecule has 7 nitrogen and oxygen atoms in total. The highest BCUT2D eigenvalue weighted by Gasteiger charge is 2.36. The number of ether oxygens (including phenoxy) is 1. The van der Waals surface area contributed by atoms with E-state index in [2.05, 4.69) is 10.4 Å². The van der Waals surface area contributed by atoms with Crippen LogP contribution in [-0.4, -0.2) is 55.4 Å². The van der Waals surface area contributed by atoms with Crippen LogP contribution in [0.25, 0.3) is 11.3 Å². The number of rotatable bonds is 10. The lowest BCUT2D eigenvalue weighted by Crippen LogP contribution is -2.34. The fraction of sp³-hybridized carbons (Fsp3) is 0.615. The number of alkyl halides is 3. The van der Waals surface area contributed by atoms with Gasteiger partial charge >= 0.3 is 6.18 Å². The summed E-state index contributed by atoms with van der Waals surface area (Å²) in [5.74, 6) is -1.44. The number of halogens is 4. The van der Waals surface area contributed by atoms with Gasteiger partial charge in [-0.3, -0.25) is 9.48 Å². The number of hydrogen-bond acceptors (Lipinski definition) is 5. The average molecular weight is 578 g/mol. The second kappa shape index (κ2) is 12.3. The van der Waals surface area contributed by atoms with Gasteiger partial charge in [-0.05, 0) is 62.1 Å². The molecule has 212 valence electrons. The van der Waals surface area contributed by atoms with Crippen LogP contribution in [0.4, 0.5) is 13.2 Å². The number of nitrogens with one attached hydrogen (secondary N) is 1. The van der Waals surface area contributed by atoms with E-state index in [1.54, 1.807) is 22.9 Å². The van der Waals surface area contributed by atoms with E-state index >= 15 is 0 Å². The van der Waals surface area contributed by atoms with Gasteiger partial charge in [0.1, 0.15) is 15.6 Å². The van der Waals surface area contributed by atoms with Gasteiger partial charge in [0, 0.05) is 24.9 Å². The van der Waals surface area contributed by atoms with Crippen LogP contribution in [0.3, 0.4) is 0 Å². The van der Waals surface area contributed by atoms with Crippen LogP contribution in [0.1, 0.15) is 62.0 Å². The molecule has 0 bridgehead atoms. The molecule has 0 radical (unpaired) electrons. The summed E-state index contributed by atoms with van der Waals surface area (Å²) in [6.45, 7) is 3.94. The molecule has 0 aliphatic heterocycles. The zero-order valence-corrected chi connectivity index (χ0v) is 23.6. The monoisotopic (exact) mass is 577 g/mol. The normalized spacial score (nSPS) is 19.3. The molecule has 3 rings (SSSR count). The fourth-order valence-corrected chi connectivity index (χ4v) is 6.28. The van der Waals surface area contributed by atoms with Gasteiger partial charge in [0.2, 0.25) is 0 Å². The molecule has 38 heavy (non-hydrogen) atoms. The van der Waals surface area contributed by atoms with Crippen LogP contribution in [0.2, 0.25) is 5.02 Å². The first-order chi connectivity index (χ1) is 17.8. The van der Waals surface area contributed by atoms with Crippen molar-refractivity contribution in [1.29, 1.82) is 0 Å². The molecule has 0 saturated heterocycles. The quantitative estimate of drug-likeness (QED) is 0.391. The van der Waals surface area contributed by atoms with Crippen molar-refractivity contribution in [2.75, 3.05) is 19.9 Å². The number of methoxy groups -OCH3 is 1. The number of carbonyl (C=O) groups is 1. The molecule has 1 amide bonds. The molecule has 1 fully saturated rings. The Morgan fingerprint density at radius 3 is 2.47 bits per heavy atom. The summed E-state index contributed by atoms with van der Waals surface area (Å²) in [6.07, 6.45) is 0.0399. The molecule has 12 heteroatoms. The second-order valence-corrected chi connectivity index (χ2v) is 12.8. The molecule has 1 unspecified atom stereocenters. The Labute approximate surface area is 227 Å². The summed E-state index contributed by atoms with van der Waals surface area (Å²) >= 11 is 6.68. The topological polar surface area (TPSA) is 90.3 Å². The Morgan fingerprint density at radius 1 is 1.26 bits per heavy atom. The Morgan fingerprint density at radius 2 is 1.92 bits per heavy atom. The number of aryl methyl sites for hydroxylation is 1. The molecule has 1 aromatic heterocycles. The van der Waals surface area contributed by atoms with Crippen LogP contribution in [0, 0.1) is 11.8 Å². The summed E-state index contributed by atoms with van der Waals surface area (Å²) < 4.78 is 69.9. The first-order valence-electron chi connectivity index (χ1n) is 12.7. The van der Waals surface area contributed by atoms with Crippen molar-refractivity contribution >= 4 is 27.3 Å². The zero-order chi connectivity index (χ0) is 28.3. The molecular weight excluding hydrogens is 543 g/mol. The maximum Gasteiger partial charge on any atom is 0.391 e. The molecule has 1 heterocycles. The maximum absolute atomic E-state index is 13.1. The lowest BCUT2D eigenvalue weighted by atomic mass is 9.89. The summed E-state index contributed by atoms with van der Waals surface area (Å²) in [5.41, 5.74) is 1.51. The van der Waals surface area contributed by atoms with Gasteiger partial charge in [0.05, 0.1) is 29.0 Å². The van der Waals surface area contributed by atoms with E-state index in [-0.39, 0.29) is 28.3 Å². The third-order valence-electron chi connectivity index (χ3n) is 7.12. The number of benzene rings is 1. The Bertz CT molecular complexity index is 1240. The van der Waals surface area contributed by atoms with Crippen molar-refractivity contribution in [1.82, 2.24) is 15.1 Å². The summed E-state index contributed by atoms with van der Waals surface area (Å²) in [4.78, 5) is 13.1. The fourth-order valence-electron chi connectivity index (χ4n) is 4.83. The lowest BCUT2D eigenvalue weighted by Gasteiger charge is -2.27. The van der Waals surface area contributed by atoms with Gasteiger partial charge in [-0.2, -0.15) is 18.3 Å². The molecule has 1 N–H and O–H groups in total. The van der Waals surface area contributed by atoms with Crippen molar-refractivity contribution in [3.8, 4) is 17.0 Å². The minimum absolute atomic E-state index is 0.0526. The van der Waals surface area contributed by atoms with Crippen LogP contribution < -0.4 is 10.1 Å². The van der Waals surface area contributed by atoms with Crippen LogP contribution >= 0.6 is 11.6 Å². The smallest absolute Gasteiger partial charge is 0.391 e. The standard InChI is InChI=1S/C26H35ClF3N3O4S/c1-5-12-33-24(20-11-8-18(14-21(20)37-3)13-16(2)26(28,29)30)22(27)23(32-33)25(34)31-15-17-6-9-19(10-7-17)38(4,35)36/h8,11,14,16-17,19H,5-7,9-10,12-13,15H2,1-4H3,(H,31,34). The van der Waals surface area contributed by atoms with Crippen LogP contribution in [0.5, 0.6) is 5.75 Å². The minimum Gasteiger partial charge on any atom is -0.496 e. The van der Waals surface area contributed by atoms with E-state index in [0.29, 0.717) is 67.8 Å². The number of hydrogen-bond donors (Lipinski definition) is 1. The first kappa shape index (κ1) is 30.3.